The first-order valence-corrected chi connectivity index (χ1v) is 8.76. The van der Waals surface area contributed by atoms with Crippen LogP contribution in [0.1, 0.15) is 55.8 Å². The molecule has 2 atom stereocenters. The number of aromatic nitrogens is 1. The standard InChI is InChI=1S/C18H24N2O2S/c1-11(2)12(3)18-20-16(10-23-18)13(4)17(22)19-15-7-5-14(9-21)6-8-15/h5-8,10-13,21H,9H2,1-4H3,(H,19,22)/t12-,13-/m0/s1. The van der Waals surface area contributed by atoms with Crippen LogP contribution < -0.4 is 5.32 Å². The topological polar surface area (TPSA) is 62.2 Å². The van der Waals surface area contributed by atoms with E-state index in [1.807, 2.05) is 12.3 Å². The van der Waals surface area contributed by atoms with Crippen molar-refractivity contribution < 1.29 is 9.90 Å². The molecule has 0 spiro atoms. The lowest BCUT2D eigenvalue weighted by Crippen LogP contribution is -2.19. The van der Waals surface area contributed by atoms with Crippen LogP contribution in [0.25, 0.3) is 0 Å². The molecule has 0 aliphatic rings. The lowest BCUT2D eigenvalue weighted by Gasteiger charge is -2.13. The van der Waals surface area contributed by atoms with E-state index in [9.17, 15) is 4.79 Å². The van der Waals surface area contributed by atoms with E-state index in [-0.39, 0.29) is 18.4 Å². The molecule has 124 valence electrons. The first-order valence-electron chi connectivity index (χ1n) is 7.88. The fraction of sp³-hybridized carbons (Fsp3) is 0.444. The molecule has 0 aliphatic heterocycles. The summed E-state index contributed by atoms with van der Waals surface area (Å²) in [5.41, 5.74) is 2.37. The maximum Gasteiger partial charge on any atom is 0.233 e. The Labute approximate surface area is 141 Å². The van der Waals surface area contributed by atoms with E-state index in [4.69, 9.17) is 5.11 Å². The number of carbonyl (C=O) groups is 1. The van der Waals surface area contributed by atoms with E-state index in [0.717, 1.165) is 22.0 Å². The Morgan fingerprint density at radius 2 is 1.87 bits per heavy atom. The maximum absolute atomic E-state index is 12.4. The molecule has 4 nitrogen and oxygen atoms in total. The zero-order valence-electron chi connectivity index (χ0n) is 14.0. The first-order chi connectivity index (χ1) is 10.9. The summed E-state index contributed by atoms with van der Waals surface area (Å²) in [6.45, 7) is 8.40. The molecule has 1 amide bonds. The fourth-order valence-corrected chi connectivity index (χ4v) is 3.22. The highest BCUT2D eigenvalue weighted by molar-refractivity contribution is 7.09. The van der Waals surface area contributed by atoms with E-state index in [2.05, 4.69) is 31.1 Å². The number of amides is 1. The van der Waals surface area contributed by atoms with Gasteiger partial charge in [0.2, 0.25) is 5.91 Å². The second-order valence-corrected chi connectivity index (χ2v) is 7.10. The Kier molecular flexibility index (Phi) is 5.91. The predicted molar refractivity (Wildman–Crippen MR) is 94.8 cm³/mol. The van der Waals surface area contributed by atoms with Gasteiger partial charge in [0.05, 0.1) is 23.2 Å². The Bertz CT molecular complexity index is 649. The third kappa shape index (κ3) is 4.39. The van der Waals surface area contributed by atoms with Crippen molar-refractivity contribution in [3.63, 3.8) is 0 Å². The van der Waals surface area contributed by atoms with Crippen LogP contribution in [-0.4, -0.2) is 16.0 Å². The number of thiazole rings is 1. The monoisotopic (exact) mass is 332 g/mol. The molecule has 0 unspecified atom stereocenters. The number of rotatable bonds is 6. The summed E-state index contributed by atoms with van der Waals surface area (Å²) in [5.74, 6) is 0.561. The van der Waals surface area contributed by atoms with Crippen LogP contribution in [0.3, 0.4) is 0 Å². The summed E-state index contributed by atoms with van der Waals surface area (Å²) in [6.07, 6.45) is 0. The van der Waals surface area contributed by atoms with Gasteiger partial charge >= 0.3 is 0 Å². The minimum absolute atomic E-state index is 0.000263. The first kappa shape index (κ1) is 17.6. The van der Waals surface area contributed by atoms with Crippen molar-refractivity contribution in [1.29, 1.82) is 0 Å². The molecule has 0 bridgehead atoms. The van der Waals surface area contributed by atoms with E-state index in [1.54, 1.807) is 35.6 Å². The molecule has 1 heterocycles. The summed E-state index contributed by atoms with van der Waals surface area (Å²) in [5, 5.41) is 15.0. The van der Waals surface area contributed by atoms with Crippen molar-refractivity contribution in [2.75, 3.05) is 5.32 Å². The van der Waals surface area contributed by atoms with E-state index >= 15 is 0 Å². The van der Waals surface area contributed by atoms with Gasteiger partial charge in [-0.25, -0.2) is 4.98 Å². The van der Waals surface area contributed by atoms with Crippen molar-refractivity contribution in [2.24, 2.45) is 5.92 Å². The molecule has 2 rings (SSSR count). The molecule has 5 heteroatoms. The fourth-order valence-electron chi connectivity index (χ4n) is 2.07. The molecule has 0 saturated heterocycles. The van der Waals surface area contributed by atoms with Crippen molar-refractivity contribution >= 4 is 22.9 Å². The van der Waals surface area contributed by atoms with E-state index in [1.165, 1.54) is 0 Å². The molecule has 1 aromatic heterocycles. The minimum atomic E-state index is -0.295. The van der Waals surface area contributed by atoms with Crippen LogP contribution in [0.15, 0.2) is 29.6 Å². The molecule has 2 N–H and O–H groups in total. The molecule has 0 saturated carbocycles. The van der Waals surface area contributed by atoms with Gasteiger partial charge in [0, 0.05) is 17.0 Å². The molecular formula is C18H24N2O2S. The van der Waals surface area contributed by atoms with Crippen molar-refractivity contribution in [2.45, 2.75) is 46.1 Å². The number of hydrogen-bond donors (Lipinski definition) is 2. The number of benzene rings is 1. The summed E-state index contributed by atoms with van der Waals surface area (Å²) in [6, 6.07) is 7.18. The Morgan fingerprint density at radius 1 is 1.22 bits per heavy atom. The molecule has 0 radical (unpaired) electrons. The van der Waals surface area contributed by atoms with Gasteiger partial charge in [-0.1, -0.05) is 32.9 Å². The van der Waals surface area contributed by atoms with Gasteiger partial charge in [-0.2, -0.15) is 0 Å². The normalized spacial score (nSPS) is 13.8. The highest BCUT2D eigenvalue weighted by Crippen LogP contribution is 2.29. The summed E-state index contributed by atoms with van der Waals surface area (Å²) >= 11 is 1.62. The van der Waals surface area contributed by atoms with Gasteiger partial charge in [-0.05, 0) is 30.5 Å². The number of aliphatic hydroxyl groups is 1. The average molecular weight is 332 g/mol. The lowest BCUT2D eigenvalue weighted by molar-refractivity contribution is -0.117. The Morgan fingerprint density at radius 3 is 2.43 bits per heavy atom. The minimum Gasteiger partial charge on any atom is -0.392 e. The molecule has 0 aliphatic carbocycles. The van der Waals surface area contributed by atoms with Crippen LogP contribution in [0.4, 0.5) is 5.69 Å². The van der Waals surface area contributed by atoms with Crippen LogP contribution in [-0.2, 0) is 11.4 Å². The summed E-state index contributed by atoms with van der Waals surface area (Å²) in [7, 11) is 0. The summed E-state index contributed by atoms with van der Waals surface area (Å²) in [4.78, 5) is 17.0. The number of anilines is 1. The molecule has 23 heavy (non-hydrogen) atoms. The van der Waals surface area contributed by atoms with Crippen LogP contribution in [0.5, 0.6) is 0 Å². The molecule has 1 aromatic carbocycles. The van der Waals surface area contributed by atoms with Gasteiger partial charge in [0.15, 0.2) is 0 Å². The zero-order valence-corrected chi connectivity index (χ0v) is 14.9. The summed E-state index contributed by atoms with van der Waals surface area (Å²) < 4.78 is 0. The Balaban J connectivity index is 2.04. The van der Waals surface area contributed by atoms with Gasteiger partial charge < -0.3 is 10.4 Å². The third-order valence-electron chi connectivity index (χ3n) is 4.17. The van der Waals surface area contributed by atoms with Gasteiger partial charge in [-0.15, -0.1) is 11.3 Å². The number of hydrogen-bond acceptors (Lipinski definition) is 4. The highest BCUT2D eigenvalue weighted by Gasteiger charge is 2.21. The maximum atomic E-state index is 12.4. The SMILES string of the molecule is CC(C)[C@H](C)c1nc([C@H](C)C(=O)Nc2ccc(CO)cc2)cs1. The van der Waals surface area contributed by atoms with E-state index in [0.29, 0.717) is 11.8 Å². The van der Waals surface area contributed by atoms with Gasteiger partial charge in [0.25, 0.3) is 0 Å². The molecule has 2 aromatic rings. The van der Waals surface area contributed by atoms with Crippen LogP contribution in [0, 0.1) is 5.92 Å². The smallest absolute Gasteiger partial charge is 0.233 e. The predicted octanol–water partition coefficient (Wildman–Crippen LogP) is 4.14. The third-order valence-corrected chi connectivity index (χ3v) is 5.23. The Hall–Kier alpha value is -1.72. The molecule has 0 fully saturated rings. The second-order valence-electron chi connectivity index (χ2n) is 6.21. The van der Waals surface area contributed by atoms with E-state index < -0.39 is 0 Å². The van der Waals surface area contributed by atoms with Crippen LogP contribution in [0.2, 0.25) is 0 Å². The van der Waals surface area contributed by atoms with Crippen molar-refractivity contribution in [1.82, 2.24) is 4.98 Å². The largest absolute Gasteiger partial charge is 0.392 e. The van der Waals surface area contributed by atoms with Gasteiger partial charge in [-0.3, -0.25) is 4.79 Å². The van der Waals surface area contributed by atoms with Crippen molar-refractivity contribution in [3.8, 4) is 0 Å². The number of nitrogens with one attached hydrogen (secondary N) is 1. The number of aliphatic hydroxyl groups excluding tert-OH is 1. The lowest BCUT2D eigenvalue weighted by atomic mass is 9.99. The second kappa shape index (κ2) is 7.70. The highest BCUT2D eigenvalue weighted by atomic mass is 32.1. The van der Waals surface area contributed by atoms with Gasteiger partial charge in [0.1, 0.15) is 0 Å². The average Bonchev–Trinajstić information content (AvgIpc) is 3.03. The number of carbonyl (C=O) groups excluding carboxylic acids is 1. The number of nitrogens with zero attached hydrogens (tertiary/aromatic N) is 1. The quantitative estimate of drug-likeness (QED) is 0.836. The van der Waals surface area contributed by atoms with Crippen LogP contribution >= 0.6 is 11.3 Å². The van der Waals surface area contributed by atoms with Crippen molar-refractivity contribution in [3.05, 3.63) is 45.9 Å². The molecular weight excluding hydrogens is 308 g/mol. The zero-order chi connectivity index (χ0) is 17.0.